The van der Waals surface area contributed by atoms with Crippen LogP contribution in [-0.4, -0.2) is 40.3 Å². The summed E-state index contributed by atoms with van der Waals surface area (Å²) in [5, 5.41) is 2.85. The van der Waals surface area contributed by atoms with Crippen molar-refractivity contribution < 1.29 is 31.1 Å². The van der Waals surface area contributed by atoms with Crippen LogP contribution in [0.3, 0.4) is 0 Å². The molecule has 0 aromatic heterocycles. The summed E-state index contributed by atoms with van der Waals surface area (Å²) in [4.78, 5) is 12.0. The summed E-state index contributed by atoms with van der Waals surface area (Å²) in [5.74, 6) is 0.0732. The number of benzene rings is 2. The molecule has 6 nitrogen and oxygen atoms in total. The van der Waals surface area contributed by atoms with E-state index in [1.165, 1.54) is 6.07 Å². The molecule has 0 spiro atoms. The van der Waals surface area contributed by atoms with Crippen LogP contribution in [0.2, 0.25) is 10.0 Å². The topological polar surface area (TPSA) is 75.7 Å². The molecule has 0 atom stereocenters. The maximum absolute atomic E-state index is 13.4. The van der Waals surface area contributed by atoms with E-state index in [1.54, 1.807) is 24.3 Å². The van der Waals surface area contributed by atoms with Crippen LogP contribution in [0.15, 0.2) is 42.5 Å². The lowest BCUT2D eigenvalue weighted by Crippen LogP contribution is -2.34. The Labute approximate surface area is 194 Å². The number of anilines is 1. The second kappa shape index (κ2) is 11.1. The molecule has 2 aromatic carbocycles. The first kappa shape index (κ1) is 26.1. The van der Waals surface area contributed by atoms with Crippen LogP contribution >= 0.6 is 23.2 Å². The molecule has 0 fully saturated rings. The van der Waals surface area contributed by atoms with Gasteiger partial charge in [0.05, 0.1) is 29.1 Å². The highest BCUT2D eigenvalue weighted by Crippen LogP contribution is 2.39. The van der Waals surface area contributed by atoms with Crippen molar-refractivity contribution >= 4 is 44.8 Å². The summed E-state index contributed by atoms with van der Waals surface area (Å²) < 4.78 is 70.5. The molecule has 176 valence electrons. The summed E-state index contributed by atoms with van der Waals surface area (Å²) in [7, 11) is -4.04. The van der Waals surface area contributed by atoms with Gasteiger partial charge in [0.2, 0.25) is 15.9 Å². The summed E-state index contributed by atoms with van der Waals surface area (Å²) >= 11 is 11.6. The fraction of sp³-hybridized carbons (Fsp3) is 0.350. The van der Waals surface area contributed by atoms with Gasteiger partial charge in [-0.05, 0) is 36.8 Å². The van der Waals surface area contributed by atoms with Crippen molar-refractivity contribution in [2.75, 3.05) is 30.3 Å². The lowest BCUT2D eigenvalue weighted by Gasteiger charge is -2.25. The summed E-state index contributed by atoms with van der Waals surface area (Å²) in [5.41, 5.74) is -1.71. The van der Waals surface area contributed by atoms with Crippen molar-refractivity contribution in [3.05, 3.63) is 58.1 Å². The Bertz CT molecular complexity index is 1050. The number of nitrogens with zero attached hydrogens (tertiary/aromatic N) is 1. The number of carbonyl (C=O) groups is 1. The molecular formula is C20H21Cl2F3N2O4S. The average Bonchev–Trinajstić information content (AvgIpc) is 2.68. The fourth-order valence-corrected chi connectivity index (χ4v) is 4.14. The van der Waals surface area contributed by atoms with E-state index >= 15 is 0 Å². The van der Waals surface area contributed by atoms with Gasteiger partial charge in [0, 0.05) is 18.0 Å². The number of halogens is 5. The standard InChI is InChI=1S/C20H21Cl2F3N2O4S/c1-32(29,30)27(17-9-8-14(21)13-15(17)20(23,24)25)11-4-7-19(28)26-10-12-31-18-6-3-2-5-16(18)22/h2-3,5-6,8-9,13H,4,7,10-12H2,1H3,(H,26,28). The number of para-hydroxylation sites is 1. The zero-order chi connectivity index (χ0) is 23.9. The Morgan fingerprint density at radius 1 is 1.16 bits per heavy atom. The van der Waals surface area contributed by atoms with Crippen molar-refractivity contribution in [1.29, 1.82) is 0 Å². The first-order valence-electron chi connectivity index (χ1n) is 9.38. The minimum atomic E-state index is -4.80. The average molecular weight is 513 g/mol. The molecule has 1 amide bonds. The van der Waals surface area contributed by atoms with Gasteiger partial charge in [-0.15, -0.1) is 0 Å². The number of hydrogen-bond acceptors (Lipinski definition) is 4. The zero-order valence-electron chi connectivity index (χ0n) is 17.0. The molecule has 0 aliphatic rings. The largest absolute Gasteiger partial charge is 0.490 e. The number of alkyl halides is 3. The Morgan fingerprint density at radius 3 is 2.47 bits per heavy atom. The Kier molecular flexibility index (Phi) is 9.06. The van der Waals surface area contributed by atoms with Crippen molar-refractivity contribution in [2.45, 2.75) is 19.0 Å². The van der Waals surface area contributed by atoms with Crippen LogP contribution in [0.5, 0.6) is 5.75 Å². The molecule has 0 bridgehead atoms. The molecule has 0 aliphatic heterocycles. The van der Waals surface area contributed by atoms with Crippen molar-refractivity contribution in [3.8, 4) is 5.75 Å². The third-order valence-corrected chi connectivity index (χ3v) is 5.94. The van der Waals surface area contributed by atoms with Gasteiger partial charge < -0.3 is 10.1 Å². The SMILES string of the molecule is CS(=O)(=O)N(CCCC(=O)NCCOc1ccccc1Cl)c1ccc(Cl)cc1C(F)(F)F. The van der Waals surface area contributed by atoms with E-state index in [-0.39, 0.29) is 37.6 Å². The number of carbonyl (C=O) groups excluding carboxylic acids is 1. The molecule has 2 rings (SSSR count). The number of hydrogen-bond donors (Lipinski definition) is 1. The normalized spacial score (nSPS) is 11.8. The molecule has 0 heterocycles. The molecule has 12 heteroatoms. The third-order valence-electron chi connectivity index (χ3n) is 4.22. The molecule has 32 heavy (non-hydrogen) atoms. The maximum Gasteiger partial charge on any atom is 0.418 e. The first-order chi connectivity index (χ1) is 14.9. The van der Waals surface area contributed by atoms with E-state index in [4.69, 9.17) is 27.9 Å². The molecule has 0 radical (unpaired) electrons. The zero-order valence-corrected chi connectivity index (χ0v) is 19.3. The van der Waals surface area contributed by atoms with Crippen LogP contribution < -0.4 is 14.4 Å². The first-order valence-corrected chi connectivity index (χ1v) is 12.0. The van der Waals surface area contributed by atoms with E-state index in [9.17, 15) is 26.4 Å². The molecule has 0 saturated carbocycles. The summed E-state index contributed by atoms with van der Waals surface area (Å²) in [6.45, 7) is 0.0208. The van der Waals surface area contributed by atoms with E-state index in [1.807, 2.05) is 0 Å². The van der Waals surface area contributed by atoms with E-state index < -0.39 is 33.4 Å². The number of ether oxygens (including phenoxy) is 1. The number of amides is 1. The Morgan fingerprint density at radius 2 is 1.84 bits per heavy atom. The monoisotopic (exact) mass is 512 g/mol. The van der Waals surface area contributed by atoms with Gasteiger partial charge in [-0.3, -0.25) is 9.10 Å². The minimum Gasteiger partial charge on any atom is -0.490 e. The van der Waals surface area contributed by atoms with Crippen LogP contribution in [0.1, 0.15) is 18.4 Å². The van der Waals surface area contributed by atoms with Gasteiger partial charge in [-0.1, -0.05) is 35.3 Å². The van der Waals surface area contributed by atoms with Gasteiger partial charge in [-0.2, -0.15) is 13.2 Å². The van der Waals surface area contributed by atoms with Gasteiger partial charge in [-0.25, -0.2) is 8.42 Å². The predicted octanol–water partition coefficient (Wildman–Crippen LogP) is 4.75. The molecular weight excluding hydrogens is 492 g/mol. The highest BCUT2D eigenvalue weighted by atomic mass is 35.5. The van der Waals surface area contributed by atoms with E-state index in [0.717, 1.165) is 12.3 Å². The van der Waals surface area contributed by atoms with Gasteiger partial charge >= 0.3 is 6.18 Å². The Balaban J connectivity index is 1.93. The molecule has 1 N–H and O–H groups in total. The van der Waals surface area contributed by atoms with Crippen molar-refractivity contribution in [2.24, 2.45) is 0 Å². The van der Waals surface area contributed by atoms with E-state index in [2.05, 4.69) is 5.32 Å². The van der Waals surface area contributed by atoms with Crippen LogP contribution in [-0.2, 0) is 21.0 Å². The second-order valence-electron chi connectivity index (χ2n) is 6.73. The molecule has 2 aromatic rings. The van der Waals surface area contributed by atoms with Crippen LogP contribution in [0.25, 0.3) is 0 Å². The molecule has 0 unspecified atom stereocenters. The molecule has 0 saturated heterocycles. The second-order valence-corrected chi connectivity index (χ2v) is 9.48. The Hall–Kier alpha value is -2.17. The highest BCUT2D eigenvalue weighted by Gasteiger charge is 2.36. The van der Waals surface area contributed by atoms with Gasteiger partial charge in [0.25, 0.3) is 0 Å². The smallest absolute Gasteiger partial charge is 0.418 e. The maximum atomic E-state index is 13.4. The van der Waals surface area contributed by atoms with E-state index in [0.29, 0.717) is 21.1 Å². The number of nitrogens with one attached hydrogen (secondary N) is 1. The summed E-state index contributed by atoms with van der Waals surface area (Å²) in [6, 6.07) is 9.68. The van der Waals surface area contributed by atoms with Crippen LogP contribution in [0, 0.1) is 0 Å². The number of sulfonamides is 1. The van der Waals surface area contributed by atoms with Crippen molar-refractivity contribution in [1.82, 2.24) is 5.32 Å². The van der Waals surface area contributed by atoms with Gasteiger partial charge in [0.1, 0.15) is 12.4 Å². The van der Waals surface area contributed by atoms with Gasteiger partial charge in [0.15, 0.2) is 0 Å². The lowest BCUT2D eigenvalue weighted by atomic mass is 10.1. The molecule has 0 aliphatic carbocycles. The highest BCUT2D eigenvalue weighted by molar-refractivity contribution is 7.92. The summed E-state index contributed by atoms with van der Waals surface area (Å²) in [6.07, 6.45) is -4.09. The quantitative estimate of drug-likeness (QED) is 0.466. The predicted molar refractivity (Wildman–Crippen MR) is 118 cm³/mol. The minimum absolute atomic E-state index is 0.00416. The third kappa shape index (κ3) is 7.75. The van der Waals surface area contributed by atoms with Crippen molar-refractivity contribution in [3.63, 3.8) is 0 Å². The lowest BCUT2D eigenvalue weighted by molar-refractivity contribution is -0.137. The number of rotatable bonds is 10. The fourth-order valence-electron chi connectivity index (χ4n) is 2.80. The van der Waals surface area contributed by atoms with Crippen LogP contribution in [0.4, 0.5) is 18.9 Å².